The van der Waals surface area contributed by atoms with Gasteiger partial charge in [0.05, 0.1) is 23.6 Å². The molecule has 9 heteroatoms. The van der Waals surface area contributed by atoms with Gasteiger partial charge in [-0.1, -0.05) is 46.8 Å². The number of nitrogens with zero attached hydrogens (tertiary/aromatic N) is 2. The van der Waals surface area contributed by atoms with E-state index in [2.05, 4.69) is 27.8 Å². The van der Waals surface area contributed by atoms with Gasteiger partial charge in [0.15, 0.2) is 0 Å². The van der Waals surface area contributed by atoms with Crippen LogP contribution in [-0.4, -0.2) is 51.1 Å². The standard InChI is InChI=1S/C32H36BBrN2O5/c1-19-15-24-30(32(39)36(31(24)38)23-7-3-2-4-8-23)25-18-33(40)41-28(29(19)25)13-10-20(26-9-5-6-14-35-26)16-21-17-22(34)11-12-27(21)37/h5-6,9,11-12,14,16-17,23-25,28,30,37,40H,2-4,7-8,10,13,15,18H2,1H3/b20-16-/t24-,25+,28-,30-/m1/s1. The van der Waals surface area contributed by atoms with Crippen LogP contribution in [-0.2, 0) is 14.2 Å². The molecule has 6 rings (SSSR count). The van der Waals surface area contributed by atoms with Crippen LogP contribution >= 0.6 is 15.9 Å². The Bertz CT molecular complexity index is 1390. The number of aromatic nitrogens is 1. The highest BCUT2D eigenvalue weighted by Gasteiger charge is 2.57. The molecule has 3 heterocycles. The van der Waals surface area contributed by atoms with Gasteiger partial charge in [-0.3, -0.25) is 19.5 Å². The minimum absolute atomic E-state index is 0.0131. The molecule has 0 radical (unpaired) electrons. The molecular formula is C32H36BBrN2O5. The van der Waals surface area contributed by atoms with E-state index in [0.717, 1.165) is 59.0 Å². The zero-order valence-corrected chi connectivity index (χ0v) is 24.9. The van der Waals surface area contributed by atoms with Crippen LogP contribution in [0.3, 0.4) is 0 Å². The molecular weight excluding hydrogens is 583 g/mol. The number of allylic oxidation sites excluding steroid dienone is 2. The molecule has 2 N–H and O–H groups in total. The first-order chi connectivity index (χ1) is 19.8. The lowest BCUT2D eigenvalue weighted by Crippen LogP contribution is -2.46. The zero-order chi connectivity index (χ0) is 28.7. The Balaban J connectivity index is 1.28. The Kier molecular flexibility index (Phi) is 8.21. The molecule has 2 aliphatic carbocycles. The van der Waals surface area contributed by atoms with E-state index in [4.69, 9.17) is 4.65 Å². The number of benzene rings is 1. The highest BCUT2D eigenvalue weighted by molar-refractivity contribution is 9.10. The number of amides is 2. The van der Waals surface area contributed by atoms with Gasteiger partial charge in [-0.05, 0) is 98.8 Å². The molecule has 1 saturated carbocycles. The van der Waals surface area contributed by atoms with E-state index in [0.29, 0.717) is 31.1 Å². The zero-order valence-electron chi connectivity index (χ0n) is 23.3. The lowest BCUT2D eigenvalue weighted by molar-refractivity contribution is -0.143. The summed E-state index contributed by atoms with van der Waals surface area (Å²) in [5.74, 6) is -0.856. The summed E-state index contributed by atoms with van der Waals surface area (Å²) in [6.45, 7) is 2.06. The summed E-state index contributed by atoms with van der Waals surface area (Å²) in [6, 6.07) is 11.1. The number of likely N-dealkylation sites (tertiary alicyclic amines) is 1. The molecule has 2 amide bonds. The second kappa shape index (κ2) is 11.9. The van der Waals surface area contributed by atoms with Crippen LogP contribution in [0, 0.1) is 17.8 Å². The SMILES string of the molecule is CC1=C2[C@@H](CC/C(=C/c3cc(Br)ccc3O)c3ccccn3)OB(O)C[C@@H]2[C@@H]2C(=O)N(C3CCCCC3)C(=O)[C@@H]2C1. The first-order valence-electron chi connectivity index (χ1n) is 14.8. The number of carbonyl (C=O) groups excluding carboxylic acids is 2. The maximum absolute atomic E-state index is 13.9. The molecule has 3 fully saturated rings. The number of rotatable bonds is 6. The lowest BCUT2D eigenvalue weighted by Gasteiger charge is -2.42. The molecule has 7 nitrogen and oxygen atoms in total. The molecule has 41 heavy (non-hydrogen) atoms. The molecule has 2 aromatic rings. The van der Waals surface area contributed by atoms with Gasteiger partial charge in [-0.25, -0.2) is 0 Å². The minimum Gasteiger partial charge on any atom is -0.507 e. The van der Waals surface area contributed by atoms with E-state index in [9.17, 15) is 19.7 Å². The highest BCUT2D eigenvalue weighted by Crippen LogP contribution is 2.51. The molecule has 4 aliphatic rings. The van der Waals surface area contributed by atoms with Gasteiger partial charge in [0, 0.05) is 22.3 Å². The van der Waals surface area contributed by atoms with Crippen LogP contribution < -0.4 is 0 Å². The van der Waals surface area contributed by atoms with E-state index in [1.54, 1.807) is 23.2 Å². The summed E-state index contributed by atoms with van der Waals surface area (Å²) in [4.78, 5) is 33.6. The first kappa shape index (κ1) is 28.4. The predicted molar refractivity (Wildman–Crippen MR) is 161 cm³/mol. The van der Waals surface area contributed by atoms with Gasteiger partial charge in [0.25, 0.3) is 0 Å². The third-order valence-corrected chi connectivity index (χ3v) is 9.91. The fourth-order valence-corrected chi connectivity index (χ4v) is 7.96. The van der Waals surface area contributed by atoms with Crippen molar-refractivity contribution in [1.82, 2.24) is 9.88 Å². The molecule has 2 saturated heterocycles. The number of imide groups is 1. The maximum atomic E-state index is 13.9. The molecule has 0 unspecified atom stereocenters. The summed E-state index contributed by atoms with van der Waals surface area (Å²) >= 11 is 3.49. The van der Waals surface area contributed by atoms with Crippen molar-refractivity contribution in [3.63, 3.8) is 0 Å². The van der Waals surface area contributed by atoms with E-state index in [1.807, 2.05) is 30.3 Å². The van der Waals surface area contributed by atoms with Crippen molar-refractivity contribution < 1.29 is 24.4 Å². The summed E-state index contributed by atoms with van der Waals surface area (Å²) in [5, 5.41) is 21.4. The van der Waals surface area contributed by atoms with Crippen molar-refractivity contribution >= 4 is 46.5 Å². The van der Waals surface area contributed by atoms with Gasteiger partial charge < -0.3 is 14.8 Å². The summed E-state index contributed by atoms with van der Waals surface area (Å²) < 4.78 is 7.00. The van der Waals surface area contributed by atoms with Crippen molar-refractivity contribution in [3.05, 3.63) is 69.5 Å². The third kappa shape index (κ3) is 5.56. The molecule has 0 spiro atoms. The van der Waals surface area contributed by atoms with Crippen molar-refractivity contribution in [3.8, 4) is 5.75 Å². The molecule has 4 atom stereocenters. The van der Waals surface area contributed by atoms with Gasteiger partial charge in [-0.15, -0.1) is 0 Å². The number of aromatic hydroxyl groups is 1. The number of fused-ring (bicyclic) bond motifs is 3. The number of pyridine rings is 1. The maximum Gasteiger partial charge on any atom is 0.455 e. The summed E-state index contributed by atoms with van der Waals surface area (Å²) in [7, 11) is -0.997. The fraction of sp³-hybridized carbons (Fsp3) is 0.469. The normalized spacial score (nSPS) is 27.3. The Labute approximate surface area is 250 Å². The van der Waals surface area contributed by atoms with E-state index in [1.165, 1.54) is 0 Å². The minimum atomic E-state index is -0.997. The van der Waals surface area contributed by atoms with Crippen LogP contribution in [0.1, 0.15) is 69.5 Å². The fourth-order valence-electron chi connectivity index (χ4n) is 7.59. The number of phenols is 1. The number of phenolic OH excluding ortho intramolecular Hbond substituents is 1. The predicted octanol–water partition coefficient (Wildman–Crippen LogP) is 6.02. The lowest BCUT2D eigenvalue weighted by atomic mass is 9.58. The van der Waals surface area contributed by atoms with Crippen molar-refractivity contribution in [1.29, 1.82) is 0 Å². The smallest absolute Gasteiger partial charge is 0.455 e. The van der Waals surface area contributed by atoms with Crippen LogP contribution in [0.25, 0.3) is 11.6 Å². The molecule has 1 aromatic carbocycles. The summed E-state index contributed by atoms with van der Waals surface area (Å²) in [5.41, 5.74) is 4.59. The van der Waals surface area contributed by atoms with Crippen LogP contribution in [0.5, 0.6) is 5.75 Å². The Morgan fingerprint density at radius 2 is 1.95 bits per heavy atom. The third-order valence-electron chi connectivity index (χ3n) is 9.42. The van der Waals surface area contributed by atoms with Crippen LogP contribution in [0.2, 0.25) is 6.32 Å². The average molecular weight is 619 g/mol. The number of hydrogen-bond acceptors (Lipinski definition) is 6. The number of halogens is 1. The number of carbonyl (C=O) groups is 2. The molecule has 2 aliphatic heterocycles. The van der Waals surface area contributed by atoms with Crippen LogP contribution in [0.4, 0.5) is 0 Å². The Hall–Kier alpha value is -2.75. The van der Waals surface area contributed by atoms with Crippen LogP contribution in [0.15, 0.2) is 58.2 Å². The van der Waals surface area contributed by atoms with Gasteiger partial charge in [-0.2, -0.15) is 0 Å². The van der Waals surface area contributed by atoms with Crippen molar-refractivity contribution in [2.24, 2.45) is 17.8 Å². The highest BCUT2D eigenvalue weighted by atomic mass is 79.9. The topological polar surface area (TPSA) is 100.0 Å². The van der Waals surface area contributed by atoms with Gasteiger partial charge in [0.1, 0.15) is 5.75 Å². The molecule has 0 bridgehead atoms. The molecule has 214 valence electrons. The Morgan fingerprint density at radius 3 is 2.71 bits per heavy atom. The van der Waals surface area contributed by atoms with E-state index < -0.39 is 13.0 Å². The van der Waals surface area contributed by atoms with Crippen molar-refractivity contribution in [2.75, 3.05) is 0 Å². The van der Waals surface area contributed by atoms with Gasteiger partial charge >= 0.3 is 7.12 Å². The van der Waals surface area contributed by atoms with Crippen molar-refractivity contribution in [2.45, 2.75) is 76.8 Å². The first-order valence-corrected chi connectivity index (χ1v) is 15.6. The Morgan fingerprint density at radius 1 is 1.15 bits per heavy atom. The van der Waals surface area contributed by atoms with E-state index in [-0.39, 0.29) is 41.5 Å². The number of hydrogen-bond donors (Lipinski definition) is 2. The quantitative estimate of drug-likeness (QED) is 0.233. The second-order valence-electron chi connectivity index (χ2n) is 12.0. The average Bonchev–Trinajstić information content (AvgIpc) is 3.22. The van der Waals surface area contributed by atoms with Gasteiger partial charge in [0.2, 0.25) is 11.8 Å². The molecule has 1 aromatic heterocycles. The van der Waals surface area contributed by atoms with E-state index >= 15 is 0 Å². The second-order valence-corrected chi connectivity index (χ2v) is 12.9. The summed E-state index contributed by atoms with van der Waals surface area (Å²) in [6.07, 6.45) is 10.4. The largest absolute Gasteiger partial charge is 0.507 e. The monoisotopic (exact) mass is 618 g/mol.